The van der Waals surface area contributed by atoms with Crippen LogP contribution in [0.15, 0.2) is 10.4 Å². The van der Waals surface area contributed by atoms with Crippen molar-refractivity contribution in [3.63, 3.8) is 0 Å². The summed E-state index contributed by atoms with van der Waals surface area (Å²) in [6.07, 6.45) is 1.27. The molecule has 4 nitrogen and oxygen atoms in total. The number of sulfonamides is 1. The molecule has 1 N–H and O–H groups in total. The minimum Gasteiger partial charge on any atom is -0.232 e. The van der Waals surface area contributed by atoms with Crippen LogP contribution in [0, 0.1) is 0 Å². The molecular formula is C8H13ClN2O2S3. The maximum absolute atomic E-state index is 11.8. The number of rotatable bonds is 6. The number of hydrogen-bond acceptors (Lipinski definition) is 5. The molecule has 16 heavy (non-hydrogen) atoms. The predicted octanol–water partition coefficient (Wildman–Crippen LogP) is 2.22. The van der Waals surface area contributed by atoms with Crippen molar-refractivity contribution < 1.29 is 8.42 Å². The van der Waals surface area contributed by atoms with Gasteiger partial charge in [0, 0.05) is 11.8 Å². The summed E-state index contributed by atoms with van der Waals surface area (Å²) in [7, 11) is -3.46. The van der Waals surface area contributed by atoms with Crippen molar-refractivity contribution in [1.29, 1.82) is 0 Å². The average Bonchev–Trinajstić information content (AvgIpc) is 2.62. The smallest absolute Gasteiger partial charge is 0.232 e. The molecule has 0 aliphatic rings. The molecule has 0 saturated carbocycles. The van der Waals surface area contributed by atoms with E-state index in [9.17, 15) is 8.42 Å². The van der Waals surface area contributed by atoms with Crippen molar-refractivity contribution in [2.75, 3.05) is 11.5 Å². The Morgan fingerprint density at radius 2 is 2.38 bits per heavy atom. The normalized spacial score (nSPS) is 13.9. The quantitative estimate of drug-likeness (QED) is 0.875. The molecular weight excluding hydrogens is 288 g/mol. The predicted molar refractivity (Wildman–Crippen MR) is 69.9 cm³/mol. The highest BCUT2D eigenvalue weighted by Gasteiger charge is 2.19. The molecule has 92 valence electrons. The SMILES string of the molecule is CCSCC(C)NS(=O)(=O)c1cnc(Cl)s1. The van der Waals surface area contributed by atoms with Gasteiger partial charge < -0.3 is 0 Å². The van der Waals surface area contributed by atoms with E-state index in [4.69, 9.17) is 11.6 Å². The first-order valence-corrected chi connectivity index (χ1v) is 8.50. The van der Waals surface area contributed by atoms with Gasteiger partial charge in [0.1, 0.15) is 0 Å². The molecule has 1 atom stereocenters. The van der Waals surface area contributed by atoms with Gasteiger partial charge in [-0.15, -0.1) is 0 Å². The lowest BCUT2D eigenvalue weighted by atomic mass is 10.4. The van der Waals surface area contributed by atoms with Crippen LogP contribution in [0.5, 0.6) is 0 Å². The lowest BCUT2D eigenvalue weighted by Gasteiger charge is -2.11. The summed E-state index contributed by atoms with van der Waals surface area (Å²) >= 11 is 8.25. The number of halogens is 1. The van der Waals surface area contributed by atoms with Gasteiger partial charge in [-0.1, -0.05) is 29.9 Å². The summed E-state index contributed by atoms with van der Waals surface area (Å²) in [4.78, 5) is 3.71. The second-order valence-electron chi connectivity index (χ2n) is 3.11. The molecule has 0 bridgehead atoms. The van der Waals surface area contributed by atoms with Crippen molar-refractivity contribution in [2.24, 2.45) is 0 Å². The zero-order valence-electron chi connectivity index (χ0n) is 8.94. The lowest BCUT2D eigenvalue weighted by molar-refractivity contribution is 0.573. The second kappa shape index (κ2) is 6.20. The molecule has 0 aliphatic heterocycles. The number of aromatic nitrogens is 1. The summed E-state index contributed by atoms with van der Waals surface area (Å²) in [5, 5.41) is 0. The number of thiazole rings is 1. The third kappa shape index (κ3) is 4.21. The van der Waals surface area contributed by atoms with Crippen LogP contribution < -0.4 is 4.72 Å². The van der Waals surface area contributed by atoms with Crippen molar-refractivity contribution in [2.45, 2.75) is 24.1 Å². The topological polar surface area (TPSA) is 59.1 Å². The first-order valence-electron chi connectivity index (χ1n) is 4.67. The molecule has 0 fully saturated rings. The summed E-state index contributed by atoms with van der Waals surface area (Å²) in [5.41, 5.74) is 0. The van der Waals surface area contributed by atoms with E-state index in [1.807, 2.05) is 13.8 Å². The standard InChI is InChI=1S/C8H13ClN2O2S3/c1-3-14-5-6(2)11-16(12,13)7-4-10-8(9)15-7/h4,6,11H,3,5H2,1-2H3. The highest BCUT2D eigenvalue weighted by Crippen LogP contribution is 2.22. The third-order valence-corrected chi connectivity index (χ3v) is 5.96. The molecule has 1 aromatic heterocycles. The van der Waals surface area contributed by atoms with Crippen LogP contribution in [0.2, 0.25) is 4.47 Å². The molecule has 0 amide bonds. The van der Waals surface area contributed by atoms with Crippen molar-refractivity contribution >= 4 is 44.7 Å². The van der Waals surface area contributed by atoms with Crippen LogP contribution in [0.3, 0.4) is 0 Å². The van der Waals surface area contributed by atoms with Gasteiger partial charge in [0.25, 0.3) is 10.0 Å². The largest absolute Gasteiger partial charge is 0.251 e. The molecule has 0 aliphatic carbocycles. The van der Waals surface area contributed by atoms with Crippen LogP contribution in [0.4, 0.5) is 0 Å². The highest BCUT2D eigenvalue weighted by molar-refractivity contribution is 7.99. The van der Waals surface area contributed by atoms with Crippen LogP contribution in [-0.2, 0) is 10.0 Å². The number of nitrogens with zero attached hydrogens (tertiary/aromatic N) is 1. The molecule has 1 heterocycles. The maximum atomic E-state index is 11.8. The molecule has 0 aromatic carbocycles. The molecule has 8 heteroatoms. The van der Waals surface area contributed by atoms with Crippen molar-refractivity contribution in [1.82, 2.24) is 9.71 Å². The van der Waals surface area contributed by atoms with Gasteiger partial charge in [0.15, 0.2) is 8.68 Å². The van der Waals surface area contributed by atoms with E-state index >= 15 is 0 Å². The van der Waals surface area contributed by atoms with Gasteiger partial charge >= 0.3 is 0 Å². The molecule has 0 radical (unpaired) electrons. The monoisotopic (exact) mass is 300 g/mol. The van der Waals surface area contributed by atoms with Crippen LogP contribution >= 0.6 is 34.7 Å². The number of nitrogens with one attached hydrogen (secondary N) is 1. The van der Waals surface area contributed by atoms with Gasteiger partial charge in [-0.25, -0.2) is 18.1 Å². The summed E-state index contributed by atoms with van der Waals surface area (Å²) in [6.45, 7) is 3.87. The minimum absolute atomic E-state index is 0.101. The van der Waals surface area contributed by atoms with Gasteiger partial charge in [-0.2, -0.15) is 11.8 Å². The van der Waals surface area contributed by atoms with Gasteiger partial charge in [-0.05, 0) is 12.7 Å². The first kappa shape index (κ1) is 14.2. The van der Waals surface area contributed by atoms with E-state index in [1.54, 1.807) is 11.8 Å². The Balaban J connectivity index is 2.65. The van der Waals surface area contributed by atoms with Crippen LogP contribution in [0.25, 0.3) is 0 Å². The van der Waals surface area contributed by atoms with E-state index in [0.717, 1.165) is 22.8 Å². The summed E-state index contributed by atoms with van der Waals surface area (Å²) in [5.74, 6) is 1.72. The lowest BCUT2D eigenvalue weighted by Crippen LogP contribution is -2.33. The first-order chi connectivity index (χ1) is 7.45. The molecule has 1 unspecified atom stereocenters. The zero-order chi connectivity index (χ0) is 12.2. The average molecular weight is 301 g/mol. The van der Waals surface area contributed by atoms with E-state index in [-0.39, 0.29) is 14.7 Å². The second-order valence-corrected chi connectivity index (χ2v) is 7.99. The fourth-order valence-corrected chi connectivity index (χ4v) is 4.35. The van der Waals surface area contributed by atoms with Gasteiger partial charge in [0.05, 0.1) is 6.20 Å². The molecule has 1 rings (SSSR count). The fourth-order valence-electron chi connectivity index (χ4n) is 1.01. The molecule has 1 aromatic rings. The Bertz CT molecular complexity index is 432. The van der Waals surface area contributed by atoms with E-state index in [2.05, 4.69) is 9.71 Å². The third-order valence-electron chi connectivity index (χ3n) is 1.65. The Morgan fingerprint density at radius 3 is 2.88 bits per heavy atom. The Hall–Kier alpha value is 0.180. The van der Waals surface area contributed by atoms with Crippen LogP contribution in [-0.4, -0.2) is 30.9 Å². The van der Waals surface area contributed by atoms with Crippen molar-refractivity contribution in [3.8, 4) is 0 Å². The van der Waals surface area contributed by atoms with Crippen molar-refractivity contribution in [3.05, 3.63) is 10.7 Å². The highest BCUT2D eigenvalue weighted by atomic mass is 35.5. The molecule has 0 spiro atoms. The molecule has 0 saturated heterocycles. The Morgan fingerprint density at radius 1 is 1.69 bits per heavy atom. The Kier molecular flexibility index (Phi) is 5.52. The number of thioether (sulfide) groups is 1. The fraction of sp³-hybridized carbons (Fsp3) is 0.625. The Labute approximate surface area is 109 Å². The van der Waals surface area contributed by atoms with E-state index < -0.39 is 10.0 Å². The van der Waals surface area contributed by atoms with Crippen LogP contribution in [0.1, 0.15) is 13.8 Å². The minimum atomic E-state index is -3.46. The van der Waals surface area contributed by atoms with Gasteiger partial charge in [-0.3, -0.25) is 0 Å². The van der Waals surface area contributed by atoms with E-state index in [0.29, 0.717) is 0 Å². The summed E-state index contributed by atoms with van der Waals surface area (Å²) < 4.78 is 26.6. The van der Waals surface area contributed by atoms with Gasteiger partial charge in [0.2, 0.25) is 0 Å². The number of hydrogen-bond donors (Lipinski definition) is 1. The maximum Gasteiger partial charge on any atom is 0.251 e. The summed E-state index contributed by atoms with van der Waals surface area (Å²) in [6, 6.07) is -0.101. The zero-order valence-corrected chi connectivity index (χ0v) is 12.1. The van der Waals surface area contributed by atoms with E-state index in [1.165, 1.54) is 6.20 Å².